The molecule has 0 spiro atoms. The molecule has 0 saturated heterocycles. The molecule has 0 heterocycles. The number of carbonyl (C=O) groups is 1. The largest absolute Gasteiger partial charge is 0.369 e. The van der Waals surface area contributed by atoms with Crippen LogP contribution in [0.2, 0.25) is 0 Å². The first-order chi connectivity index (χ1) is 4.71. The van der Waals surface area contributed by atoms with Gasteiger partial charge in [-0.15, -0.1) is 0 Å². The SMILES string of the molecule is COC1(C(=O)Cl)CCCC1. The molecule has 10 heavy (non-hydrogen) atoms. The lowest BCUT2D eigenvalue weighted by molar-refractivity contribution is -0.131. The third-order valence-electron chi connectivity index (χ3n) is 2.16. The molecule has 0 aromatic carbocycles. The van der Waals surface area contributed by atoms with Crippen molar-refractivity contribution in [3.63, 3.8) is 0 Å². The molecule has 1 aliphatic rings. The van der Waals surface area contributed by atoms with E-state index in [2.05, 4.69) is 0 Å². The molecule has 0 aromatic rings. The summed E-state index contributed by atoms with van der Waals surface area (Å²) in [5.41, 5.74) is -0.637. The van der Waals surface area contributed by atoms with Gasteiger partial charge < -0.3 is 4.74 Å². The summed E-state index contributed by atoms with van der Waals surface area (Å²) in [5.74, 6) is 0. The van der Waals surface area contributed by atoms with Gasteiger partial charge in [-0.1, -0.05) is 0 Å². The molecule has 0 aliphatic heterocycles. The van der Waals surface area contributed by atoms with Crippen LogP contribution in [0.15, 0.2) is 0 Å². The Balaban J connectivity index is 2.67. The highest BCUT2D eigenvalue weighted by atomic mass is 35.5. The molecule has 2 nitrogen and oxygen atoms in total. The van der Waals surface area contributed by atoms with Gasteiger partial charge in [0.15, 0.2) is 0 Å². The molecule has 0 radical (unpaired) electrons. The first-order valence-electron chi connectivity index (χ1n) is 3.46. The average Bonchev–Trinajstić information content (AvgIpc) is 2.35. The molecule has 0 bridgehead atoms. The molecule has 0 atom stereocenters. The van der Waals surface area contributed by atoms with Gasteiger partial charge in [0.05, 0.1) is 0 Å². The lowest BCUT2D eigenvalue weighted by Gasteiger charge is -2.21. The maximum atomic E-state index is 10.8. The second-order valence-electron chi connectivity index (χ2n) is 2.68. The topological polar surface area (TPSA) is 26.3 Å². The van der Waals surface area contributed by atoms with Crippen LogP contribution in [0.4, 0.5) is 0 Å². The summed E-state index contributed by atoms with van der Waals surface area (Å²) in [5, 5.41) is -0.340. The number of ether oxygens (including phenoxy) is 1. The van der Waals surface area contributed by atoms with Crippen molar-refractivity contribution in [1.82, 2.24) is 0 Å². The third kappa shape index (κ3) is 1.18. The van der Waals surface area contributed by atoms with E-state index in [-0.39, 0.29) is 5.24 Å². The van der Waals surface area contributed by atoms with Crippen LogP contribution in [0.1, 0.15) is 25.7 Å². The third-order valence-corrected chi connectivity index (χ3v) is 2.50. The molecule has 3 heteroatoms. The highest BCUT2D eigenvalue weighted by Crippen LogP contribution is 2.34. The van der Waals surface area contributed by atoms with Gasteiger partial charge in [-0.25, -0.2) is 0 Å². The van der Waals surface area contributed by atoms with Gasteiger partial charge >= 0.3 is 0 Å². The summed E-state index contributed by atoms with van der Waals surface area (Å²) < 4.78 is 5.08. The molecule has 1 rings (SSSR count). The first kappa shape index (κ1) is 8.02. The maximum absolute atomic E-state index is 10.8. The van der Waals surface area contributed by atoms with Crippen LogP contribution in [0.25, 0.3) is 0 Å². The van der Waals surface area contributed by atoms with E-state index in [1.807, 2.05) is 0 Å². The summed E-state index contributed by atoms with van der Waals surface area (Å²) in [7, 11) is 1.55. The van der Waals surface area contributed by atoms with E-state index in [0.717, 1.165) is 25.7 Å². The van der Waals surface area contributed by atoms with Crippen molar-refractivity contribution in [1.29, 1.82) is 0 Å². The van der Waals surface area contributed by atoms with Crippen LogP contribution in [-0.2, 0) is 9.53 Å². The van der Waals surface area contributed by atoms with Gasteiger partial charge in [-0.05, 0) is 37.3 Å². The van der Waals surface area contributed by atoms with Gasteiger partial charge in [-0.2, -0.15) is 0 Å². The second-order valence-corrected chi connectivity index (χ2v) is 3.02. The smallest absolute Gasteiger partial charge is 0.253 e. The minimum atomic E-state index is -0.637. The van der Waals surface area contributed by atoms with Gasteiger partial charge in [-0.3, -0.25) is 4.79 Å². The van der Waals surface area contributed by atoms with Crippen molar-refractivity contribution in [3.8, 4) is 0 Å². The van der Waals surface area contributed by atoms with Crippen LogP contribution in [-0.4, -0.2) is 18.0 Å². The fourth-order valence-electron chi connectivity index (χ4n) is 1.43. The van der Waals surface area contributed by atoms with E-state index < -0.39 is 5.60 Å². The van der Waals surface area contributed by atoms with E-state index >= 15 is 0 Å². The van der Waals surface area contributed by atoms with Crippen molar-refractivity contribution < 1.29 is 9.53 Å². The van der Waals surface area contributed by atoms with Crippen LogP contribution >= 0.6 is 11.6 Å². The monoisotopic (exact) mass is 162 g/mol. The minimum absolute atomic E-state index is 0.340. The maximum Gasteiger partial charge on any atom is 0.253 e. The van der Waals surface area contributed by atoms with E-state index in [4.69, 9.17) is 16.3 Å². The summed E-state index contributed by atoms with van der Waals surface area (Å²) in [6, 6.07) is 0. The van der Waals surface area contributed by atoms with E-state index in [9.17, 15) is 4.79 Å². The Morgan fingerprint density at radius 2 is 2.00 bits per heavy atom. The summed E-state index contributed by atoms with van der Waals surface area (Å²) in [4.78, 5) is 10.8. The zero-order chi connectivity index (χ0) is 7.61. The lowest BCUT2D eigenvalue weighted by Crippen LogP contribution is -2.34. The van der Waals surface area contributed by atoms with E-state index in [0.29, 0.717) is 0 Å². The highest BCUT2D eigenvalue weighted by Gasteiger charge is 2.39. The number of halogens is 1. The summed E-state index contributed by atoms with van der Waals surface area (Å²) >= 11 is 5.38. The standard InChI is InChI=1S/C7H11ClO2/c1-10-7(6(8)9)4-2-3-5-7/h2-5H2,1H3. The van der Waals surface area contributed by atoms with Crippen LogP contribution in [0.3, 0.4) is 0 Å². The van der Waals surface area contributed by atoms with Gasteiger partial charge in [0.2, 0.25) is 0 Å². The fourth-order valence-corrected chi connectivity index (χ4v) is 1.69. The Bertz CT molecular complexity index is 139. The molecule has 0 amide bonds. The van der Waals surface area contributed by atoms with Crippen LogP contribution in [0.5, 0.6) is 0 Å². The number of hydrogen-bond acceptors (Lipinski definition) is 2. The molecular formula is C7H11ClO2. The van der Waals surface area contributed by atoms with Crippen LogP contribution < -0.4 is 0 Å². The Hall–Kier alpha value is -0.0800. The molecule has 1 aliphatic carbocycles. The van der Waals surface area contributed by atoms with Gasteiger partial charge in [0.25, 0.3) is 5.24 Å². The van der Waals surface area contributed by atoms with Crippen molar-refractivity contribution >= 4 is 16.8 Å². The number of hydrogen-bond donors (Lipinski definition) is 0. The predicted molar refractivity (Wildman–Crippen MR) is 39.1 cm³/mol. The lowest BCUT2D eigenvalue weighted by atomic mass is 10.1. The zero-order valence-electron chi connectivity index (χ0n) is 6.02. The van der Waals surface area contributed by atoms with Gasteiger partial charge in [0, 0.05) is 7.11 Å². The molecular weight excluding hydrogens is 152 g/mol. The second kappa shape index (κ2) is 2.89. The summed E-state index contributed by atoms with van der Waals surface area (Å²) in [6.07, 6.45) is 3.66. The predicted octanol–water partition coefficient (Wildman–Crippen LogP) is 1.71. The zero-order valence-corrected chi connectivity index (χ0v) is 6.78. The summed E-state index contributed by atoms with van der Waals surface area (Å²) in [6.45, 7) is 0. The molecule has 0 unspecified atom stereocenters. The Morgan fingerprint density at radius 1 is 1.50 bits per heavy atom. The Kier molecular flexibility index (Phi) is 2.32. The normalized spacial score (nSPS) is 23.0. The Labute approximate surface area is 65.5 Å². The highest BCUT2D eigenvalue weighted by molar-refractivity contribution is 6.65. The van der Waals surface area contributed by atoms with Crippen molar-refractivity contribution in [2.45, 2.75) is 31.3 Å². The molecule has 58 valence electrons. The molecule has 1 saturated carbocycles. The average molecular weight is 163 g/mol. The molecule has 0 N–H and O–H groups in total. The minimum Gasteiger partial charge on any atom is -0.369 e. The number of rotatable bonds is 2. The van der Waals surface area contributed by atoms with E-state index in [1.54, 1.807) is 7.11 Å². The van der Waals surface area contributed by atoms with Crippen LogP contribution in [0, 0.1) is 0 Å². The molecule has 0 aromatic heterocycles. The quantitative estimate of drug-likeness (QED) is 0.578. The molecule has 1 fully saturated rings. The number of carbonyl (C=O) groups excluding carboxylic acids is 1. The fraction of sp³-hybridized carbons (Fsp3) is 0.857. The van der Waals surface area contributed by atoms with Crippen molar-refractivity contribution in [2.24, 2.45) is 0 Å². The van der Waals surface area contributed by atoms with Gasteiger partial charge in [0.1, 0.15) is 5.60 Å². The van der Waals surface area contributed by atoms with Crippen molar-refractivity contribution in [2.75, 3.05) is 7.11 Å². The number of methoxy groups -OCH3 is 1. The van der Waals surface area contributed by atoms with Crippen molar-refractivity contribution in [3.05, 3.63) is 0 Å². The Morgan fingerprint density at radius 3 is 2.20 bits per heavy atom. The van der Waals surface area contributed by atoms with E-state index in [1.165, 1.54) is 0 Å². The first-order valence-corrected chi connectivity index (χ1v) is 3.84.